The summed E-state index contributed by atoms with van der Waals surface area (Å²) in [5.41, 5.74) is 0.000912. The molecule has 3 nitrogen and oxygen atoms in total. The van der Waals surface area contributed by atoms with Crippen molar-refractivity contribution in [3.05, 3.63) is 35.4 Å². The van der Waals surface area contributed by atoms with Gasteiger partial charge in [-0.3, -0.25) is 4.79 Å². The van der Waals surface area contributed by atoms with E-state index in [9.17, 15) is 13.6 Å². The van der Waals surface area contributed by atoms with Gasteiger partial charge in [0.2, 0.25) is 5.91 Å². The smallest absolute Gasteiger partial charge is 0.222 e. The summed E-state index contributed by atoms with van der Waals surface area (Å²) in [7, 11) is 0. The topological polar surface area (TPSA) is 32.3 Å². The van der Waals surface area contributed by atoms with Crippen LogP contribution in [0.4, 0.5) is 8.78 Å². The van der Waals surface area contributed by atoms with E-state index in [1.807, 2.05) is 0 Å². The van der Waals surface area contributed by atoms with Crippen molar-refractivity contribution in [1.82, 2.24) is 10.2 Å². The number of nitrogens with one attached hydrogen (secondary N) is 1. The number of benzene rings is 1. The third-order valence-corrected chi connectivity index (χ3v) is 3.12. The minimum absolute atomic E-state index is 0.000912. The molecule has 1 saturated heterocycles. The van der Waals surface area contributed by atoms with E-state index < -0.39 is 11.6 Å². The number of hydrogen-bond donors (Lipinski definition) is 1. The molecule has 1 heterocycles. The van der Waals surface area contributed by atoms with Crippen LogP contribution in [0.15, 0.2) is 18.2 Å². The Kier molecular flexibility index (Phi) is 4.25. The van der Waals surface area contributed by atoms with Crippen LogP contribution < -0.4 is 5.32 Å². The predicted molar refractivity (Wildman–Crippen MR) is 64.1 cm³/mol. The number of piperazine rings is 1. The zero-order chi connectivity index (χ0) is 13.0. The summed E-state index contributed by atoms with van der Waals surface area (Å²) in [5.74, 6) is -1.20. The van der Waals surface area contributed by atoms with Crippen molar-refractivity contribution in [2.75, 3.05) is 26.2 Å². The van der Waals surface area contributed by atoms with Gasteiger partial charge in [-0.1, -0.05) is 6.07 Å². The van der Waals surface area contributed by atoms with Crippen molar-refractivity contribution in [3.63, 3.8) is 0 Å². The van der Waals surface area contributed by atoms with E-state index in [2.05, 4.69) is 5.32 Å². The molecular formula is C13H16F2N2O. The first-order valence-corrected chi connectivity index (χ1v) is 6.10. The highest BCUT2D eigenvalue weighted by molar-refractivity contribution is 5.76. The average molecular weight is 254 g/mol. The molecule has 1 amide bonds. The second kappa shape index (κ2) is 5.91. The number of rotatable bonds is 3. The number of hydrogen-bond acceptors (Lipinski definition) is 2. The summed E-state index contributed by atoms with van der Waals surface area (Å²) in [6, 6.07) is 3.76. The fourth-order valence-corrected chi connectivity index (χ4v) is 2.08. The summed E-state index contributed by atoms with van der Waals surface area (Å²) in [6.45, 7) is 2.89. The second-order valence-corrected chi connectivity index (χ2v) is 4.33. The number of amides is 1. The summed E-state index contributed by atoms with van der Waals surface area (Å²) in [6.07, 6.45) is 0.263. The fraction of sp³-hybridized carbons (Fsp3) is 0.462. The molecule has 18 heavy (non-hydrogen) atoms. The van der Waals surface area contributed by atoms with Gasteiger partial charge in [0.25, 0.3) is 0 Å². The highest BCUT2D eigenvalue weighted by atomic mass is 19.1. The molecule has 5 heteroatoms. The predicted octanol–water partition coefficient (Wildman–Crippen LogP) is 1.33. The van der Waals surface area contributed by atoms with Crippen LogP contribution in [-0.2, 0) is 11.2 Å². The van der Waals surface area contributed by atoms with Gasteiger partial charge >= 0.3 is 0 Å². The molecule has 1 aliphatic heterocycles. The third-order valence-electron chi connectivity index (χ3n) is 3.12. The first kappa shape index (κ1) is 13.0. The third kappa shape index (κ3) is 3.04. The molecule has 0 spiro atoms. The van der Waals surface area contributed by atoms with E-state index >= 15 is 0 Å². The highest BCUT2D eigenvalue weighted by Gasteiger charge is 2.17. The van der Waals surface area contributed by atoms with E-state index in [0.29, 0.717) is 13.1 Å². The Labute approximate surface area is 105 Å². The number of nitrogens with zero attached hydrogens (tertiary/aromatic N) is 1. The monoisotopic (exact) mass is 254 g/mol. The average Bonchev–Trinajstić information content (AvgIpc) is 2.39. The number of halogens is 2. The minimum atomic E-state index is -0.580. The highest BCUT2D eigenvalue weighted by Crippen LogP contribution is 2.14. The van der Waals surface area contributed by atoms with Crippen LogP contribution in [0.25, 0.3) is 0 Å². The van der Waals surface area contributed by atoms with Crippen molar-refractivity contribution < 1.29 is 13.6 Å². The Hall–Kier alpha value is -1.49. The molecular weight excluding hydrogens is 238 g/mol. The number of carbonyl (C=O) groups is 1. The van der Waals surface area contributed by atoms with Gasteiger partial charge < -0.3 is 10.2 Å². The van der Waals surface area contributed by atoms with Crippen molar-refractivity contribution >= 4 is 5.91 Å². The molecule has 1 fully saturated rings. The van der Waals surface area contributed by atoms with E-state index in [0.717, 1.165) is 13.1 Å². The van der Waals surface area contributed by atoms with Gasteiger partial charge in [-0.2, -0.15) is 0 Å². The molecule has 0 atom stereocenters. The maximum Gasteiger partial charge on any atom is 0.222 e. The summed E-state index contributed by atoms with van der Waals surface area (Å²) < 4.78 is 26.7. The molecule has 2 rings (SSSR count). The molecule has 0 aliphatic carbocycles. The minimum Gasteiger partial charge on any atom is -0.340 e. The molecule has 0 unspecified atom stereocenters. The van der Waals surface area contributed by atoms with E-state index in [-0.39, 0.29) is 24.3 Å². The molecule has 98 valence electrons. The first-order chi connectivity index (χ1) is 8.68. The van der Waals surface area contributed by atoms with Crippen LogP contribution in [0.1, 0.15) is 12.0 Å². The quantitative estimate of drug-likeness (QED) is 0.882. The molecule has 0 saturated carbocycles. The van der Waals surface area contributed by atoms with Gasteiger partial charge in [-0.05, 0) is 18.6 Å². The summed E-state index contributed by atoms with van der Waals surface area (Å²) in [5, 5.41) is 3.15. The molecule has 0 radical (unpaired) electrons. The van der Waals surface area contributed by atoms with Gasteiger partial charge in [0.1, 0.15) is 11.6 Å². The molecule has 1 aromatic rings. The maximum atomic E-state index is 13.4. The Morgan fingerprint density at radius 2 is 1.83 bits per heavy atom. The van der Waals surface area contributed by atoms with Gasteiger partial charge in [0.05, 0.1) is 0 Å². The maximum absolute atomic E-state index is 13.4. The Morgan fingerprint density at radius 1 is 1.22 bits per heavy atom. The Morgan fingerprint density at radius 3 is 2.44 bits per heavy atom. The molecule has 1 aromatic carbocycles. The van der Waals surface area contributed by atoms with Crippen LogP contribution in [0.5, 0.6) is 0 Å². The Balaban J connectivity index is 1.92. The van der Waals surface area contributed by atoms with Gasteiger partial charge in [0, 0.05) is 38.2 Å². The van der Waals surface area contributed by atoms with Crippen LogP contribution in [0, 0.1) is 11.6 Å². The van der Waals surface area contributed by atoms with E-state index in [1.165, 1.54) is 18.2 Å². The molecule has 0 bridgehead atoms. The first-order valence-electron chi connectivity index (χ1n) is 6.10. The lowest BCUT2D eigenvalue weighted by molar-refractivity contribution is -0.131. The van der Waals surface area contributed by atoms with E-state index in [4.69, 9.17) is 0 Å². The van der Waals surface area contributed by atoms with Gasteiger partial charge in [-0.25, -0.2) is 8.78 Å². The van der Waals surface area contributed by atoms with E-state index in [1.54, 1.807) is 4.90 Å². The summed E-state index contributed by atoms with van der Waals surface area (Å²) >= 11 is 0. The van der Waals surface area contributed by atoms with Crippen LogP contribution >= 0.6 is 0 Å². The molecule has 0 aromatic heterocycles. The normalized spacial score (nSPS) is 15.8. The van der Waals surface area contributed by atoms with Crippen molar-refractivity contribution in [2.45, 2.75) is 12.8 Å². The zero-order valence-corrected chi connectivity index (χ0v) is 10.1. The largest absolute Gasteiger partial charge is 0.340 e. The van der Waals surface area contributed by atoms with Gasteiger partial charge in [-0.15, -0.1) is 0 Å². The standard InChI is InChI=1S/C13H16F2N2O/c14-11-2-1-3-12(15)10(11)4-5-13(18)17-8-6-16-7-9-17/h1-3,16H,4-9H2. The number of carbonyl (C=O) groups excluding carboxylic acids is 1. The van der Waals surface area contributed by atoms with Crippen LogP contribution in [0.2, 0.25) is 0 Å². The summed E-state index contributed by atoms with van der Waals surface area (Å²) in [4.78, 5) is 13.6. The van der Waals surface area contributed by atoms with Gasteiger partial charge in [0.15, 0.2) is 0 Å². The SMILES string of the molecule is O=C(CCc1c(F)cccc1F)N1CCNCC1. The van der Waals surface area contributed by atoms with Crippen molar-refractivity contribution in [3.8, 4) is 0 Å². The van der Waals surface area contributed by atoms with Crippen LogP contribution in [0.3, 0.4) is 0 Å². The molecule has 1 aliphatic rings. The molecule has 1 N–H and O–H groups in total. The zero-order valence-electron chi connectivity index (χ0n) is 10.1. The lowest BCUT2D eigenvalue weighted by atomic mass is 10.1. The van der Waals surface area contributed by atoms with Crippen LogP contribution in [-0.4, -0.2) is 37.0 Å². The lowest BCUT2D eigenvalue weighted by Crippen LogP contribution is -2.46. The van der Waals surface area contributed by atoms with Crippen molar-refractivity contribution in [2.24, 2.45) is 0 Å². The lowest BCUT2D eigenvalue weighted by Gasteiger charge is -2.27. The second-order valence-electron chi connectivity index (χ2n) is 4.33. The fourth-order valence-electron chi connectivity index (χ4n) is 2.08. The Bertz CT molecular complexity index is 411. The van der Waals surface area contributed by atoms with Crippen molar-refractivity contribution in [1.29, 1.82) is 0 Å².